The van der Waals surface area contributed by atoms with Crippen LogP contribution in [0.4, 0.5) is 0 Å². The van der Waals surface area contributed by atoms with E-state index in [1.165, 1.54) is 0 Å². The van der Waals surface area contributed by atoms with Crippen molar-refractivity contribution in [3.63, 3.8) is 0 Å². The van der Waals surface area contributed by atoms with Crippen LogP contribution in [0.3, 0.4) is 0 Å². The van der Waals surface area contributed by atoms with Crippen molar-refractivity contribution in [1.29, 1.82) is 5.41 Å². The second kappa shape index (κ2) is 9.16. The van der Waals surface area contributed by atoms with Crippen molar-refractivity contribution in [3.05, 3.63) is 59.2 Å². The van der Waals surface area contributed by atoms with Gasteiger partial charge in [-0.05, 0) is 44.0 Å². The SMILES string of the molecule is CC(=N)c1cccc(C)n1.O=Cc1cccc(C#CCO)n1. The van der Waals surface area contributed by atoms with Gasteiger partial charge in [0.1, 0.15) is 18.0 Å². The molecule has 0 bridgehead atoms. The zero-order valence-corrected chi connectivity index (χ0v) is 12.5. The molecule has 0 aliphatic heterocycles. The number of carbonyl (C=O) groups excluding carboxylic acids is 1. The van der Waals surface area contributed by atoms with E-state index in [-0.39, 0.29) is 6.61 Å². The Hall–Kier alpha value is -2.84. The number of nitrogens with zero attached hydrogens (tertiary/aromatic N) is 2. The maximum atomic E-state index is 10.3. The molecule has 0 unspecified atom stereocenters. The van der Waals surface area contributed by atoms with Crippen LogP contribution < -0.4 is 0 Å². The minimum Gasteiger partial charge on any atom is -0.384 e. The molecule has 0 aliphatic rings. The second-order valence-electron chi connectivity index (χ2n) is 4.31. The van der Waals surface area contributed by atoms with E-state index >= 15 is 0 Å². The predicted octanol–water partition coefficient (Wildman–Crippen LogP) is 2.02. The summed E-state index contributed by atoms with van der Waals surface area (Å²) in [5, 5.41) is 15.7. The van der Waals surface area contributed by atoms with Gasteiger partial charge in [0.15, 0.2) is 6.29 Å². The van der Waals surface area contributed by atoms with Gasteiger partial charge in [0.25, 0.3) is 0 Å². The molecule has 5 nitrogen and oxygen atoms in total. The molecule has 2 rings (SSSR count). The maximum absolute atomic E-state index is 10.3. The van der Waals surface area contributed by atoms with Gasteiger partial charge in [0.05, 0.1) is 11.4 Å². The zero-order chi connectivity index (χ0) is 16.4. The van der Waals surface area contributed by atoms with Crippen LogP contribution in [-0.2, 0) is 0 Å². The highest BCUT2D eigenvalue weighted by molar-refractivity contribution is 5.94. The minimum absolute atomic E-state index is 0.201. The molecule has 112 valence electrons. The Balaban J connectivity index is 0.000000224. The van der Waals surface area contributed by atoms with Crippen molar-refractivity contribution < 1.29 is 9.90 Å². The van der Waals surface area contributed by atoms with Crippen molar-refractivity contribution in [3.8, 4) is 11.8 Å². The van der Waals surface area contributed by atoms with Gasteiger partial charge in [-0.15, -0.1) is 0 Å². The Kier molecular flexibility index (Phi) is 7.17. The first kappa shape index (κ1) is 17.2. The molecule has 0 saturated heterocycles. The van der Waals surface area contributed by atoms with Crippen LogP contribution in [0, 0.1) is 24.2 Å². The number of aliphatic hydroxyl groups is 1. The number of hydrogen-bond donors (Lipinski definition) is 2. The molecule has 2 aromatic rings. The van der Waals surface area contributed by atoms with Crippen LogP contribution in [0.15, 0.2) is 36.4 Å². The molecule has 5 heteroatoms. The van der Waals surface area contributed by atoms with E-state index in [1.54, 1.807) is 25.1 Å². The van der Waals surface area contributed by atoms with Gasteiger partial charge in [0.2, 0.25) is 0 Å². The molecule has 0 spiro atoms. The number of pyridine rings is 2. The summed E-state index contributed by atoms with van der Waals surface area (Å²) < 4.78 is 0. The monoisotopic (exact) mass is 295 g/mol. The van der Waals surface area contributed by atoms with Crippen molar-refractivity contribution in [2.45, 2.75) is 13.8 Å². The third-order valence-electron chi connectivity index (χ3n) is 2.46. The summed E-state index contributed by atoms with van der Waals surface area (Å²) in [6, 6.07) is 10.6. The summed E-state index contributed by atoms with van der Waals surface area (Å²) in [7, 11) is 0. The zero-order valence-electron chi connectivity index (χ0n) is 12.5. The number of aryl methyl sites for hydroxylation is 1. The highest BCUT2D eigenvalue weighted by atomic mass is 16.2. The van der Waals surface area contributed by atoms with Gasteiger partial charge in [-0.25, -0.2) is 4.98 Å². The fourth-order valence-corrected chi connectivity index (χ4v) is 1.47. The van der Waals surface area contributed by atoms with Gasteiger partial charge >= 0.3 is 0 Å². The predicted molar refractivity (Wildman–Crippen MR) is 85.1 cm³/mol. The number of aldehydes is 1. The van der Waals surface area contributed by atoms with Crippen molar-refractivity contribution >= 4 is 12.0 Å². The maximum Gasteiger partial charge on any atom is 0.168 e. The molecular formula is C17H17N3O2. The van der Waals surface area contributed by atoms with Gasteiger partial charge in [-0.2, -0.15) is 0 Å². The van der Waals surface area contributed by atoms with Crippen molar-refractivity contribution in [2.75, 3.05) is 6.61 Å². The van der Waals surface area contributed by atoms with Crippen molar-refractivity contribution in [2.24, 2.45) is 0 Å². The van der Waals surface area contributed by atoms with Gasteiger partial charge in [-0.3, -0.25) is 9.78 Å². The fraction of sp³-hybridized carbons (Fsp3) is 0.176. The van der Waals surface area contributed by atoms with E-state index in [4.69, 9.17) is 10.5 Å². The number of carbonyl (C=O) groups is 1. The van der Waals surface area contributed by atoms with E-state index in [1.807, 2.05) is 25.1 Å². The molecule has 2 heterocycles. The van der Waals surface area contributed by atoms with Crippen LogP contribution in [0.1, 0.15) is 34.5 Å². The van der Waals surface area contributed by atoms with E-state index in [0.29, 0.717) is 23.4 Å². The molecule has 0 aromatic carbocycles. The van der Waals surface area contributed by atoms with E-state index in [2.05, 4.69) is 21.8 Å². The van der Waals surface area contributed by atoms with Crippen LogP contribution in [0.25, 0.3) is 0 Å². The summed E-state index contributed by atoms with van der Waals surface area (Å²) in [6.07, 6.45) is 0.657. The van der Waals surface area contributed by atoms with E-state index in [0.717, 1.165) is 11.4 Å². The lowest BCUT2D eigenvalue weighted by molar-refractivity contribution is 0.111. The van der Waals surface area contributed by atoms with Crippen LogP contribution in [-0.4, -0.2) is 33.7 Å². The van der Waals surface area contributed by atoms with Crippen LogP contribution >= 0.6 is 0 Å². The Morgan fingerprint density at radius 2 is 2.00 bits per heavy atom. The topological polar surface area (TPSA) is 86.9 Å². The van der Waals surface area contributed by atoms with E-state index < -0.39 is 0 Å². The highest BCUT2D eigenvalue weighted by Crippen LogP contribution is 1.97. The third kappa shape index (κ3) is 6.07. The standard InChI is InChI=1S/C9H7NO2.C8H10N2/c11-6-2-5-8-3-1-4-9(7-12)10-8;1-6-4-3-5-8(10-6)7(2)9/h1,3-4,7,11H,6H2;3-5,9H,1-2H3. The average Bonchev–Trinajstić information content (AvgIpc) is 2.53. The van der Waals surface area contributed by atoms with Crippen LogP contribution in [0.5, 0.6) is 0 Å². The largest absolute Gasteiger partial charge is 0.384 e. The van der Waals surface area contributed by atoms with Gasteiger partial charge in [0, 0.05) is 5.69 Å². The first-order chi connectivity index (χ1) is 10.6. The Morgan fingerprint density at radius 3 is 2.55 bits per heavy atom. The molecule has 0 atom stereocenters. The van der Waals surface area contributed by atoms with Crippen molar-refractivity contribution in [1.82, 2.24) is 9.97 Å². The molecule has 2 N–H and O–H groups in total. The quantitative estimate of drug-likeness (QED) is 0.504. The Bertz CT molecular complexity index is 715. The smallest absolute Gasteiger partial charge is 0.168 e. The molecule has 0 aliphatic carbocycles. The fourth-order valence-electron chi connectivity index (χ4n) is 1.47. The number of hydrogen-bond acceptors (Lipinski definition) is 5. The second-order valence-corrected chi connectivity index (χ2v) is 4.31. The lowest BCUT2D eigenvalue weighted by Crippen LogP contribution is -1.96. The molecule has 0 fully saturated rings. The van der Waals surface area contributed by atoms with Gasteiger partial charge < -0.3 is 10.5 Å². The van der Waals surface area contributed by atoms with E-state index in [9.17, 15) is 4.79 Å². The molecule has 2 aromatic heterocycles. The molecule has 0 saturated carbocycles. The first-order valence-corrected chi connectivity index (χ1v) is 6.58. The summed E-state index contributed by atoms with van der Waals surface area (Å²) in [5.74, 6) is 5.04. The number of rotatable bonds is 2. The summed E-state index contributed by atoms with van der Waals surface area (Å²) in [5.41, 5.74) is 3.08. The molecule has 0 radical (unpaired) electrons. The lowest BCUT2D eigenvalue weighted by atomic mass is 10.2. The lowest BCUT2D eigenvalue weighted by Gasteiger charge is -1.96. The summed E-state index contributed by atoms with van der Waals surface area (Å²) >= 11 is 0. The Morgan fingerprint density at radius 1 is 1.27 bits per heavy atom. The summed E-state index contributed by atoms with van der Waals surface area (Å²) in [6.45, 7) is 3.46. The van der Waals surface area contributed by atoms with Gasteiger partial charge in [-0.1, -0.05) is 18.1 Å². The summed E-state index contributed by atoms with van der Waals surface area (Å²) in [4.78, 5) is 18.3. The number of nitrogens with one attached hydrogen (secondary N) is 1. The molecule has 0 amide bonds. The first-order valence-electron chi connectivity index (χ1n) is 6.58. The van der Waals surface area contributed by atoms with Crippen LogP contribution in [0.2, 0.25) is 0 Å². The number of aliphatic hydroxyl groups excluding tert-OH is 1. The molecular weight excluding hydrogens is 278 g/mol. The molecule has 22 heavy (non-hydrogen) atoms. The Labute approximate surface area is 129 Å². The third-order valence-corrected chi connectivity index (χ3v) is 2.46. The average molecular weight is 295 g/mol. The normalized spacial score (nSPS) is 8.86. The minimum atomic E-state index is -0.201. The number of aromatic nitrogens is 2. The highest BCUT2D eigenvalue weighted by Gasteiger charge is 1.94.